The van der Waals surface area contributed by atoms with Crippen LogP contribution in [0.25, 0.3) is 22.7 Å². The van der Waals surface area contributed by atoms with Crippen molar-refractivity contribution in [3.63, 3.8) is 0 Å². The summed E-state index contributed by atoms with van der Waals surface area (Å²) < 4.78 is 9.96. The van der Waals surface area contributed by atoms with Crippen LogP contribution < -0.4 is 14.9 Å². The first kappa shape index (κ1) is 27.1. The number of thiazole rings is 1. The zero-order valence-electron chi connectivity index (χ0n) is 23.0. The molecule has 0 unspecified atom stereocenters. The summed E-state index contributed by atoms with van der Waals surface area (Å²) in [5.74, 6) is -0.477. The molecule has 0 saturated carbocycles. The van der Waals surface area contributed by atoms with Crippen LogP contribution in [-0.4, -0.2) is 28.0 Å². The van der Waals surface area contributed by atoms with E-state index in [1.54, 1.807) is 23.3 Å². The fourth-order valence-corrected chi connectivity index (χ4v) is 6.74. The molecule has 0 spiro atoms. The molecule has 2 aromatic heterocycles. The van der Waals surface area contributed by atoms with Gasteiger partial charge in [-0.15, -0.1) is 11.8 Å². The Kier molecular flexibility index (Phi) is 7.51. The molecule has 8 heteroatoms. The Balaban J connectivity index is 1.64. The molecular formula is C33H29N3O3S2. The third kappa shape index (κ3) is 4.87. The molecule has 0 radical (unpaired) electrons. The highest BCUT2D eigenvalue weighted by molar-refractivity contribution is 7.98. The number of hydrogen-bond acceptors (Lipinski definition) is 6. The summed E-state index contributed by atoms with van der Waals surface area (Å²) in [7, 11) is 0. The number of carbonyl (C=O) groups is 1. The zero-order chi connectivity index (χ0) is 28.5. The van der Waals surface area contributed by atoms with E-state index in [0.29, 0.717) is 20.6 Å². The summed E-state index contributed by atoms with van der Waals surface area (Å²) in [6.45, 7) is 4.93. The van der Waals surface area contributed by atoms with Crippen LogP contribution in [0.15, 0.2) is 105 Å². The van der Waals surface area contributed by atoms with E-state index < -0.39 is 12.0 Å². The van der Waals surface area contributed by atoms with Gasteiger partial charge < -0.3 is 9.30 Å². The van der Waals surface area contributed by atoms with Gasteiger partial charge in [0.15, 0.2) is 4.80 Å². The van der Waals surface area contributed by atoms with Crippen LogP contribution in [0.4, 0.5) is 0 Å². The van der Waals surface area contributed by atoms with Crippen molar-refractivity contribution >= 4 is 51.7 Å². The minimum atomic E-state index is -0.685. The van der Waals surface area contributed by atoms with Crippen molar-refractivity contribution in [3.05, 3.63) is 127 Å². The van der Waals surface area contributed by atoms with Gasteiger partial charge in [-0.2, -0.15) is 0 Å². The van der Waals surface area contributed by atoms with Gasteiger partial charge in [-0.05, 0) is 49.9 Å². The number of rotatable bonds is 7. The van der Waals surface area contributed by atoms with Gasteiger partial charge in [0.2, 0.25) is 0 Å². The molecular weight excluding hydrogens is 551 g/mol. The van der Waals surface area contributed by atoms with Crippen LogP contribution in [0.5, 0.6) is 0 Å². The predicted octanol–water partition coefficient (Wildman–Crippen LogP) is 5.63. The lowest BCUT2D eigenvalue weighted by molar-refractivity contribution is -0.138. The van der Waals surface area contributed by atoms with Crippen molar-refractivity contribution in [2.24, 2.45) is 4.99 Å². The lowest BCUT2D eigenvalue weighted by atomic mass is 9.93. The molecule has 0 amide bonds. The van der Waals surface area contributed by atoms with E-state index in [9.17, 15) is 9.59 Å². The van der Waals surface area contributed by atoms with E-state index in [0.717, 1.165) is 39.0 Å². The second kappa shape index (κ2) is 11.4. The third-order valence-electron chi connectivity index (χ3n) is 7.25. The largest absolute Gasteiger partial charge is 0.463 e. The van der Waals surface area contributed by atoms with Crippen LogP contribution in [0.3, 0.4) is 0 Å². The van der Waals surface area contributed by atoms with E-state index in [4.69, 9.17) is 9.73 Å². The second-order valence-corrected chi connectivity index (χ2v) is 11.5. The summed E-state index contributed by atoms with van der Waals surface area (Å²) in [6.07, 6.45) is 6.05. The first-order valence-corrected chi connectivity index (χ1v) is 15.6. The highest BCUT2D eigenvalue weighted by Gasteiger charge is 2.35. The molecule has 206 valence electrons. The van der Waals surface area contributed by atoms with Crippen molar-refractivity contribution in [1.82, 2.24) is 9.13 Å². The molecule has 0 fully saturated rings. The topological polar surface area (TPSA) is 65.6 Å². The molecule has 41 heavy (non-hydrogen) atoms. The van der Waals surface area contributed by atoms with Crippen molar-refractivity contribution in [2.45, 2.75) is 31.3 Å². The number of benzene rings is 3. The van der Waals surface area contributed by atoms with Gasteiger partial charge in [0.1, 0.15) is 0 Å². The molecule has 0 saturated heterocycles. The Morgan fingerprint density at radius 2 is 1.76 bits per heavy atom. The van der Waals surface area contributed by atoms with Crippen molar-refractivity contribution in [3.8, 4) is 0 Å². The highest BCUT2D eigenvalue weighted by atomic mass is 32.2. The SMILES string of the molecule is CCOC(=O)C1=C(c2ccccc2)N=c2sc(=Cc3cn(CC)c4ccccc34)c(=O)n2[C@H]1c1ccc(SC)cc1. The van der Waals surface area contributed by atoms with E-state index in [-0.39, 0.29) is 12.2 Å². The molecule has 3 heterocycles. The van der Waals surface area contributed by atoms with Gasteiger partial charge in [0.25, 0.3) is 5.56 Å². The Labute approximate surface area is 245 Å². The van der Waals surface area contributed by atoms with Gasteiger partial charge in [0, 0.05) is 39.7 Å². The Hall–Kier alpha value is -4.14. The minimum Gasteiger partial charge on any atom is -0.463 e. The average molecular weight is 580 g/mol. The number of ether oxygens (including phenoxy) is 1. The molecule has 0 bridgehead atoms. The maximum atomic E-state index is 14.2. The summed E-state index contributed by atoms with van der Waals surface area (Å²) in [5, 5.41) is 1.08. The zero-order valence-corrected chi connectivity index (χ0v) is 24.7. The van der Waals surface area contributed by atoms with Crippen LogP contribution in [0, 0.1) is 0 Å². The molecule has 6 nitrogen and oxygen atoms in total. The first-order valence-electron chi connectivity index (χ1n) is 13.5. The monoisotopic (exact) mass is 579 g/mol. The molecule has 3 aromatic carbocycles. The number of aromatic nitrogens is 2. The molecule has 0 N–H and O–H groups in total. The van der Waals surface area contributed by atoms with E-state index in [2.05, 4.69) is 29.8 Å². The fourth-order valence-electron chi connectivity index (χ4n) is 5.34. The summed E-state index contributed by atoms with van der Waals surface area (Å²) >= 11 is 2.98. The summed E-state index contributed by atoms with van der Waals surface area (Å²) in [5.41, 5.74) is 4.41. The molecule has 6 rings (SSSR count). The van der Waals surface area contributed by atoms with Crippen molar-refractivity contribution < 1.29 is 9.53 Å². The van der Waals surface area contributed by atoms with E-state index >= 15 is 0 Å². The number of hydrogen-bond donors (Lipinski definition) is 0. The number of esters is 1. The first-order chi connectivity index (χ1) is 20.0. The molecule has 1 aliphatic heterocycles. The number of carbonyl (C=O) groups excluding carboxylic acids is 1. The fraction of sp³-hybridized carbons (Fsp3) is 0.182. The lowest BCUT2D eigenvalue weighted by Crippen LogP contribution is -2.40. The van der Waals surface area contributed by atoms with Gasteiger partial charge in [-0.25, -0.2) is 9.79 Å². The Morgan fingerprint density at radius 1 is 1.02 bits per heavy atom. The van der Waals surface area contributed by atoms with Crippen LogP contribution in [-0.2, 0) is 16.1 Å². The van der Waals surface area contributed by atoms with Gasteiger partial charge >= 0.3 is 5.97 Å². The van der Waals surface area contributed by atoms with Gasteiger partial charge in [0.05, 0.1) is 28.5 Å². The number of aryl methyl sites for hydroxylation is 1. The van der Waals surface area contributed by atoms with Crippen molar-refractivity contribution in [2.75, 3.05) is 12.9 Å². The molecule has 0 aliphatic carbocycles. The third-order valence-corrected chi connectivity index (χ3v) is 8.98. The summed E-state index contributed by atoms with van der Waals surface area (Å²) in [6, 6.07) is 25.1. The predicted molar refractivity (Wildman–Crippen MR) is 167 cm³/mol. The van der Waals surface area contributed by atoms with Crippen molar-refractivity contribution in [1.29, 1.82) is 0 Å². The van der Waals surface area contributed by atoms with Gasteiger partial charge in [-0.1, -0.05) is 72.0 Å². The highest BCUT2D eigenvalue weighted by Crippen LogP contribution is 2.35. The maximum absolute atomic E-state index is 14.2. The smallest absolute Gasteiger partial charge is 0.338 e. The van der Waals surface area contributed by atoms with Crippen LogP contribution in [0.1, 0.15) is 36.6 Å². The minimum absolute atomic E-state index is 0.185. The molecule has 1 aliphatic rings. The Bertz CT molecular complexity index is 1970. The quantitative estimate of drug-likeness (QED) is 0.185. The normalized spacial score (nSPS) is 15.2. The number of nitrogens with zero attached hydrogens (tertiary/aromatic N) is 3. The number of para-hydroxylation sites is 1. The van der Waals surface area contributed by atoms with E-state index in [1.165, 1.54) is 11.3 Å². The standard InChI is InChI=1S/C33H29N3O3S2/c1-4-35-20-23(25-13-9-10-14-26(25)35)19-27-31(37)36-30(22-15-17-24(40-3)18-16-22)28(32(38)39-5-2)29(34-33(36)41-27)21-11-7-6-8-12-21/h6-20,30H,4-5H2,1-3H3/t30-/m0/s1. The van der Waals surface area contributed by atoms with Gasteiger partial charge in [-0.3, -0.25) is 9.36 Å². The van der Waals surface area contributed by atoms with Crippen LogP contribution in [0.2, 0.25) is 0 Å². The lowest BCUT2D eigenvalue weighted by Gasteiger charge is -2.26. The number of thioether (sulfide) groups is 1. The summed E-state index contributed by atoms with van der Waals surface area (Å²) in [4.78, 5) is 34.4. The Morgan fingerprint density at radius 3 is 2.46 bits per heavy atom. The average Bonchev–Trinajstić information content (AvgIpc) is 3.53. The molecule has 5 aromatic rings. The van der Waals surface area contributed by atoms with Crippen LogP contribution >= 0.6 is 23.1 Å². The van der Waals surface area contributed by atoms with E-state index in [1.807, 2.05) is 79.1 Å². The molecule has 1 atom stereocenters. The maximum Gasteiger partial charge on any atom is 0.338 e. The number of fused-ring (bicyclic) bond motifs is 2. The second-order valence-electron chi connectivity index (χ2n) is 9.59.